The van der Waals surface area contributed by atoms with Gasteiger partial charge < -0.3 is 15.7 Å². The number of amides is 1. The lowest BCUT2D eigenvalue weighted by atomic mass is 10.0. The van der Waals surface area contributed by atoms with E-state index in [2.05, 4.69) is 10.6 Å². The molecule has 0 atom stereocenters. The Bertz CT molecular complexity index is 193. The van der Waals surface area contributed by atoms with Crippen molar-refractivity contribution >= 4 is 5.91 Å². The van der Waals surface area contributed by atoms with E-state index >= 15 is 0 Å². The van der Waals surface area contributed by atoms with Crippen molar-refractivity contribution in [3.8, 4) is 0 Å². The molecular weight excluding hydrogens is 204 g/mol. The molecule has 0 aromatic carbocycles. The highest BCUT2D eigenvalue weighted by Crippen LogP contribution is 2.02. The summed E-state index contributed by atoms with van der Waals surface area (Å²) in [6.45, 7) is 7.54. The van der Waals surface area contributed by atoms with Crippen molar-refractivity contribution in [3.63, 3.8) is 0 Å². The molecule has 0 unspecified atom stereocenters. The van der Waals surface area contributed by atoms with E-state index in [1.54, 1.807) is 0 Å². The fourth-order valence-electron chi connectivity index (χ4n) is 1.54. The summed E-state index contributed by atoms with van der Waals surface area (Å²) in [5.41, 5.74) is -0.486. The van der Waals surface area contributed by atoms with Gasteiger partial charge in [0.05, 0.1) is 5.54 Å². The van der Waals surface area contributed by atoms with Gasteiger partial charge in [0.15, 0.2) is 0 Å². The summed E-state index contributed by atoms with van der Waals surface area (Å²) in [5.74, 6) is 0.0523. The number of unbranched alkanes of at least 4 members (excludes halogenated alkanes) is 3. The second-order valence-electron chi connectivity index (χ2n) is 4.55. The third kappa shape index (κ3) is 6.80. The standard InChI is InChI=1S/C12H26N2O2/c1-4-14-12(2,3)11(16)13-9-7-5-6-8-10-15/h14-15H,4-10H2,1-3H3,(H,13,16). The number of aliphatic hydroxyl groups is 1. The molecule has 0 aromatic rings. The Morgan fingerprint density at radius 3 is 2.38 bits per heavy atom. The molecular formula is C12H26N2O2. The van der Waals surface area contributed by atoms with Gasteiger partial charge in [-0.1, -0.05) is 19.8 Å². The Morgan fingerprint density at radius 2 is 1.81 bits per heavy atom. The quantitative estimate of drug-likeness (QED) is 0.519. The van der Waals surface area contributed by atoms with Crippen LogP contribution >= 0.6 is 0 Å². The van der Waals surface area contributed by atoms with E-state index in [0.29, 0.717) is 0 Å². The molecule has 0 aliphatic rings. The van der Waals surface area contributed by atoms with Crippen LogP contribution in [0.2, 0.25) is 0 Å². The number of aliphatic hydroxyl groups excluding tert-OH is 1. The van der Waals surface area contributed by atoms with E-state index in [0.717, 1.165) is 38.8 Å². The third-order valence-corrected chi connectivity index (χ3v) is 2.56. The molecule has 1 amide bonds. The first-order chi connectivity index (χ1) is 7.54. The SMILES string of the molecule is CCNC(C)(C)C(=O)NCCCCCCO. The smallest absolute Gasteiger partial charge is 0.239 e. The van der Waals surface area contributed by atoms with Crippen LogP contribution in [0, 0.1) is 0 Å². The molecule has 16 heavy (non-hydrogen) atoms. The van der Waals surface area contributed by atoms with E-state index in [1.807, 2.05) is 20.8 Å². The van der Waals surface area contributed by atoms with Crippen molar-refractivity contribution in [1.82, 2.24) is 10.6 Å². The fraction of sp³-hybridized carbons (Fsp3) is 0.917. The fourth-order valence-corrected chi connectivity index (χ4v) is 1.54. The molecule has 0 spiro atoms. The number of rotatable bonds is 9. The molecule has 0 rings (SSSR count). The molecule has 4 heteroatoms. The highest BCUT2D eigenvalue weighted by atomic mass is 16.2. The van der Waals surface area contributed by atoms with E-state index in [4.69, 9.17) is 5.11 Å². The minimum Gasteiger partial charge on any atom is -0.396 e. The van der Waals surface area contributed by atoms with Crippen molar-refractivity contribution in [2.24, 2.45) is 0 Å². The van der Waals surface area contributed by atoms with Gasteiger partial charge in [-0.2, -0.15) is 0 Å². The summed E-state index contributed by atoms with van der Waals surface area (Å²) < 4.78 is 0. The second-order valence-corrected chi connectivity index (χ2v) is 4.55. The lowest BCUT2D eigenvalue weighted by molar-refractivity contribution is -0.126. The zero-order chi connectivity index (χ0) is 12.4. The lowest BCUT2D eigenvalue weighted by Gasteiger charge is -2.24. The van der Waals surface area contributed by atoms with Crippen LogP contribution in [0.25, 0.3) is 0 Å². The minimum atomic E-state index is -0.486. The lowest BCUT2D eigenvalue weighted by Crippen LogP contribution is -2.52. The Labute approximate surface area is 98.8 Å². The van der Waals surface area contributed by atoms with Gasteiger partial charge in [-0.25, -0.2) is 0 Å². The van der Waals surface area contributed by atoms with Crippen molar-refractivity contribution in [2.75, 3.05) is 19.7 Å². The van der Waals surface area contributed by atoms with Crippen LogP contribution in [0.1, 0.15) is 46.5 Å². The van der Waals surface area contributed by atoms with Crippen molar-refractivity contribution in [2.45, 2.75) is 52.0 Å². The topological polar surface area (TPSA) is 61.4 Å². The maximum atomic E-state index is 11.7. The van der Waals surface area contributed by atoms with Crippen LogP contribution in [0.5, 0.6) is 0 Å². The molecule has 3 N–H and O–H groups in total. The van der Waals surface area contributed by atoms with E-state index < -0.39 is 5.54 Å². The van der Waals surface area contributed by atoms with Crippen LogP contribution in [0.4, 0.5) is 0 Å². The van der Waals surface area contributed by atoms with Crippen LogP contribution in [0.3, 0.4) is 0 Å². The van der Waals surface area contributed by atoms with Gasteiger partial charge in [-0.15, -0.1) is 0 Å². The molecule has 0 saturated carbocycles. The number of carbonyl (C=O) groups is 1. The van der Waals surface area contributed by atoms with E-state index in [1.165, 1.54) is 0 Å². The van der Waals surface area contributed by atoms with Crippen molar-refractivity contribution in [3.05, 3.63) is 0 Å². The molecule has 0 bridgehead atoms. The maximum absolute atomic E-state index is 11.7. The molecule has 0 saturated heterocycles. The van der Waals surface area contributed by atoms with Crippen molar-refractivity contribution in [1.29, 1.82) is 0 Å². The first kappa shape index (κ1) is 15.4. The predicted molar refractivity (Wildman–Crippen MR) is 66.3 cm³/mol. The largest absolute Gasteiger partial charge is 0.396 e. The van der Waals surface area contributed by atoms with E-state index in [-0.39, 0.29) is 12.5 Å². The molecule has 0 fully saturated rings. The Hall–Kier alpha value is -0.610. The molecule has 96 valence electrons. The van der Waals surface area contributed by atoms with Crippen molar-refractivity contribution < 1.29 is 9.90 Å². The van der Waals surface area contributed by atoms with Crippen LogP contribution in [-0.4, -0.2) is 36.2 Å². The number of likely N-dealkylation sites (N-methyl/N-ethyl adjacent to an activating group) is 1. The molecule has 0 aliphatic carbocycles. The molecule has 0 heterocycles. The molecule has 0 radical (unpaired) electrons. The maximum Gasteiger partial charge on any atom is 0.239 e. The van der Waals surface area contributed by atoms with Crippen LogP contribution < -0.4 is 10.6 Å². The van der Waals surface area contributed by atoms with Crippen LogP contribution in [0.15, 0.2) is 0 Å². The number of hydrogen-bond acceptors (Lipinski definition) is 3. The summed E-state index contributed by atoms with van der Waals surface area (Å²) in [7, 11) is 0. The average molecular weight is 230 g/mol. The number of hydrogen-bond donors (Lipinski definition) is 3. The second kappa shape index (κ2) is 8.53. The molecule has 0 aromatic heterocycles. The van der Waals surface area contributed by atoms with Gasteiger partial charge in [-0.05, 0) is 33.2 Å². The highest BCUT2D eigenvalue weighted by Gasteiger charge is 2.25. The Kier molecular flexibility index (Phi) is 8.21. The summed E-state index contributed by atoms with van der Waals surface area (Å²) in [6, 6.07) is 0. The van der Waals surface area contributed by atoms with Crippen LogP contribution in [-0.2, 0) is 4.79 Å². The minimum absolute atomic E-state index is 0.0523. The predicted octanol–water partition coefficient (Wildman–Crippen LogP) is 1.04. The number of nitrogens with one attached hydrogen (secondary N) is 2. The third-order valence-electron chi connectivity index (χ3n) is 2.56. The van der Waals surface area contributed by atoms with Gasteiger partial charge in [-0.3, -0.25) is 4.79 Å². The summed E-state index contributed by atoms with van der Waals surface area (Å²) in [5, 5.41) is 14.7. The van der Waals surface area contributed by atoms with E-state index in [9.17, 15) is 4.79 Å². The zero-order valence-electron chi connectivity index (χ0n) is 10.8. The first-order valence-electron chi connectivity index (χ1n) is 6.18. The Balaban J connectivity index is 3.57. The van der Waals surface area contributed by atoms with Gasteiger partial charge in [0.1, 0.15) is 0 Å². The first-order valence-corrected chi connectivity index (χ1v) is 6.18. The highest BCUT2D eigenvalue weighted by molar-refractivity contribution is 5.85. The van der Waals surface area contributed by atoms with Gasteiger partial charge in [0.2, 0.25) is 5.91 Å². The molecule has 4 nitrogen and oxygen atoms in total. The Morgan fingerprint density at radius 1 is 1.19 bits per heavy atom. The van der Waals surface area contributed by atoms with Gasteiger partial charge in [0, 0.05) is 13.2 Å². The zero-order valence-corrected chi connectivity index (χ0v) is 10.8. The average Bonchev–Trinajstić information content (AvgIpc) is 2.22. The molecule has 0 aliphatic heterocycles. The number of carbonyl (C=O) groups excluding carboxylic acids is 1. The monoisotopic (exact) mass is 230 g/mol. The normalized spacial score (nSPS) is 11.5. The summed E-state index contributed by atoms with van der Waals surface area (Å²) in [6.07, 6.45) is 3.93. The van der Waals surface area contributed by atoms with Gasteiger partial charge >= 0.3 is 0 Å². The van der Waals surface area contributed by atoms with Gasteiger partial charge in [0.25, 0.3) is 0 Å². The summed E-state index contributed by atoms with van der Waals surface area (Å²) in [4.78, 5) is 11.7. The summed E-state index contributed by atoms with van der Waals surface area (Å²) >= 11 is 0.